The number of methoxy groups -OCH3 is 2. The van der Waals surface area contributed by atoms with Crippen molar-refractivity contribution >= 4 is 40.9 Å². The Morgan fingerprint density at radius 2 is 1.49 bits per heavy atom. The lowest BCUT2D eigenvalue weighted by molar-refractivity contribution is -0.142. The topological polar surface area (TPSA) is 104 Å². The summed E-state index contributed by atoms with van der Waals surface area (Å²) in [6.07, 6.45) is 3.84. The molecule has 1 amide bonds. The molecule has 0 bridgehead atoms. The van der Waals surface area contributed by atoms with Crippen LogP contribution in [0, 0.1) is 12.7 Å². The maximum atomic E-state index is 13.6. The maximum Gasteiger partial charge on any atom is 0.339 e. The fraction of sp³-hybridized carbons (Fsp3) is 0.158. The second kappa shape index (κ2) is 15.0. The van der Waals surface area contributed by atoms with Gasteiger partial charge in [-0.2, -0.15) is 0 Å². The molecule has 1 heterocycles. The largest absolute Gasteiger partial charge is 0.497 e. The van der Waals surface area contributed by atoms with Gasteiger partial charge >= 0.3 is 11.9 Å². The highest BCUT2D eigenvalue weighted by Crippen LogP contribution is 2.24. The number of benzene rings is 4. The van der Waals surface area contributed by atoms with E-state index in [2.05, 4.69) is 10.3 Å². The molecule has 238 valence electrons. The molecule has 0 unspecified atom stereocenters. The molecule has 0 aliphatic rings. The van der Waals surface area contributed by atoms with Crippen molar-refractivity contribution in [3.63, 3.8) is 0 Å². The van der Waals surface area contributed by atoms with Crippen LogP contribution in [0.4, 0.5) is 4.39 Å². The average molecular weight is 633 g/mol. The third-order valence-electron chi connectivity index (χ3n) is 7.50. The summed E-state index contributed by atoms with van der Waals surface area (Å²) in [5.41, 5.74) is 4.61. The van der Waals surface area contributed by atoms with Crippen LogP contribution in [0.1, 0.15) is 48.7 Å². The van der Waals surface area contributed by atoms with Crippen molar-refractivity contribution in [1.82, 2.24) is 10.3 Å². The first-order valence-electron chi connectivity index (χ1n) is 14.8. The molecule has 1 atom stereocenters. The van der Waals surface area contributed by atoms with Gasteiger partial charge in [0, 0.05) is 11.8 Å². The van der Waals surface area contributed by atoms with Gasteiger partial charge in [0.25, 0.3) is 5.91 Å². The molecule has 1 aromatic heterocycles. The van der Waals surface area contributed by atoms with Crippen LogP contribution in [0.25, 0.3) is 23.1 Å². The summed E-state index contributed by atoms with van der Waals surface area (Å²) in [7, 11) is 2.82. The fourth-order valence-electron chi connectivity index (χ4n) is 4.87. The number of pyridine rings is 1. The van der Waals surface area contributed by atoms with Crippen molar-refractivity contribution in [2.24, 2.45) is 0 Å². The summed E-state index contributed by atoms with van der Waals surface area (Å²) in [5.74, 6) is -1.59. The number of hydrogen-bond acceptors (Lipinski definition) is 7. The van der Waals surface area contributed by atoms with Crippen molar-refractivity contribution < 1.29 is 33.0 Å². The zero-order valence-electron chi connectivity index (χ0n) is 26.2. The van der Waals surface area contributed by atoms with Gasteiger partial charge in [0.05, 0.1) is 25.3 Å². The number of ether oxygens (including phenoxy) is 3. The fourth-order valence-corrected chi connectivity index (χ4v) is 4.87. The third kappa shape index (κ3) is 8.46. The zero-order valence-corrected chi connectivity index (χ0v) is 26.2. The number of halogens is 1. The van der Waals surface area contributed by atoms with Gasteiger partial charge in [-0.25, -0.2) is 19.0 Å². The first-order valence-corrected chi connectivity index (χ1v) is 14.8. The molecular formula is C38H33FN2O6. The van der Waals surface area contributed by atoms with E-state index in [9.17, 15) is 18.8 Å². The smallest absolute Gasteiger partial charge is 0.339 e. The van der Waals surface area contributed by atoms with Crippen molar-refractivity contribution in [2.75, 3.05) is 14.2 Å². The number of nitrogens with zero attached hydrogens (tertiary/aromatic N) is 1. The molecule has 0 fully saturated rings. The van der Waals surface area contributed by atoms with Crippen molar-refractivity contribution in [2.45, 2.75) is 26.0 Å². The molecule has 5 rings (SSSR count). The second-order valence-electron chi connectivity index (χ2n) is 10.9. The van der Waals surface area contributed by atoms with Gasteiger partial charge in [-0.15, -0.1) is 0 Å². The van der Waals surface area contributed by atoms with Gasteiger partial charge in [-0.1, -0.05) is 72.3 Å². The van der Waals surface area contributed by atoms with E-state index in [1.54, 1.807) is 61.7 Å². The summed E-state index contributed by atoms with van der Waals surface area (Å²) >= 11 is 0. The zero-order chi connectivity index (χ0) is 33.3. The van der Waals surface area contributed by atoms with Crippen molar-refractivity contribution in [3.05, 3.63) is 142 Å². The molecule has 0 saturated carbocycles. The van der Waals surface area contributed by atoms with E-state index in [-0.39, 0.29) is 30.1 Å². The Morgan fingerprint density at radius 3 is 2.17 bits per heavy atom. The van der Waals surface area contributed by atoms with Crippen LogP contribution in [-0.4, -0.2) is 43.1 Å². The van der Waals surface area contributed by atoms with Crippen LogP contribution < -0.4 is 10.1 Å². The number of carbonyl (C=O) groups is 3. The van der Waals surface area contributed by atoms with Crippen LogP contribution >= 0.6 is 0 Å². The molecular weight excluding hydrogens is 599 g/mol. The Labute approximate surface area is 271 Å². The second-order valence-corrected chi connectivity index (χ2v) is 10.9. The summed E-state index contributed by atoms with van der Waals surface area (Å²) in [6, 6.07) is 26.4. The molecule has 0 spiro atoms. The molecule has 1 N–H and O–H groups in total. The number of hydrogen-bond donors (Lipinski definition) is 1. The van der Waals surface area contributed by atoms with Gasteiger partial charge in [0.2, 0.25) is 0 Å². The van der Waals surface area contributed by atoms with Gasteiger partial charge in [-0.3, -0.25) is 4.79 Å². The Kier molecular flexibility index (Phi) is 10.4. The minimum atomic E-state index is -0.989. The lowest BCUT2D eigenvalue weighted by atomic mass is 10.0. The average Bonchev–Trinajstić information content (AvgIpc) is 3.10. The summed E-state index contributed by atoms with van der Waals surface area (Å²) in [5, 5.41) is 3.19. The predicted octanol–water partition coefficient (Wildman–Crippen LogP) is 6.73. The van der Waals surface area contributed by atoms with E-state index >= 15 is 0 Å². The van der Waals surface area contributed by atoms with Crippen molar-refractivity contribution in [3.8, 4) is 5.75 Å². The van der Waals surface area contributed by atoms with Gasteiger partial charge in [0.1, 0.15) is 29.9 Å². The van der Waals surface area contributed by atoms with E-state index in [1.165, 1.54) is 25.3 Å². The summed E-state index contributed by atoms with van der Waals surface area (Å²) < 4.78 is 29.2. The van der Waals surface area contributed by atoms with Crippen LogP contribution in [0.5, 0.6) is 5.75 Å². The number of aryl methyl sites for hydroxylation is 1. The molecule has 0 aliphatic carbocycles. The van der Waals surface area contributed by atoms with E-state index in [0.29, 0.717) is 16.7 Å². The predicted molar refractivity (Wildman–Crippen MR) is 177 cm³/mol. The molecule has 47 heavy (non-hydrogen) atoms. The minimum Gasteiger partial charge on any atom is -0.497 e. The number of amides is 1. The van der Waals surface area contributed by atoms with E-state index < -0.39 is 23.9 Å². The SMILES string of the molecule is COC(=O)[C@H](Cc1ccc(C)cc1)NC(=O)c1cc(C(=O)OCc2ccc(OC)cc2)c2cc(/C=C/c3ccc(F)cc3)ccc2n1. The molecule has 0 aliphatic heterocycles. The van der Waals surface area contributed by atoms with Crippen LogP contribution in [0.2, 0.25) is 0 Å². The van der Waals surface area contributed by atoms with Gasteiger partial charge < -0.3 is 19.5 Å². The summed E-state index contributed by atoms with van der Waals surface area (Å²) in [6.45, 7) is 1.94. The maximum absolute atomic E-state index is 13.6. The molecule has 9 heteroatoms. The number of rotatable bonds is 11. The normalized spacial score (nSPS) is 11.7. The number of aromatic nitrogens is 1. The van der Waals surface area contributed by atoms with Crippen LogP contribution in [0.15, 0.2) is 97.1 Å². The summed E-state index contributed by atoms with van der Waals surface area (Å²) in [4.78, 5) is 44.3. The number of fused-ring (bicyclic) bond motifs is 1. The standard InChI is InChI=1S/C38H33FN2O6/c1-24-4-6-27(7-5-24)21-35(38(44)46-3)41-36(42)34-22-32(37(43)47-23-28-12-17-30(45-2)18-13-28)31-20-26(14-19-33(31)40-34)9-8-25-10-15-29(39)16-11-25/h4-20,22,35H,21,23H2,1-3H3,(H,41,42)/b9-8+/t35-/m0/s1. The number of esters is 2. The number of carbonyl (C=O) groups excluding carboxylic acids is 3. The molecule has 8 nitrogen and oxygen atoms in total. The van der Waals surface area contributed by atoms with Crippen molar-refractivity contribution in [1.29, 1.82) is 0 Å². The monoisotopic (exact) mass is 632 g/mol. The molecule has 0 saturated heterocycles. The number of nitrogens with one attached hydrogen (secondary N) is 1. The van der Waals surface area contributed by atoms with Gasteiger partial charge in [0.15, 0.2) is 0 Å². The minimum absolute atomic E-state index is 0.0146. The first-order chi connectivity index (χ1) is 22.7. The van der Waals surface area contributed by atoms with Gasteiger partial charge in [-0.05, 0) is 71.6 Å². The molecule has 0 radical (unpaired) electrons. The Bertz CT molecular complexity index is 1920. The van der Waals surface area contributed by atoms with Crippen LogP contribution in [0.3, 0.4) is 0 Å². The Balaban J connectivity index is 1.46. The Hall–Kier alpha value is -5.83. The van der Waals surface area contributed by atoms with E-state index in [0.717, 1.165) is 27.8 Å². The van der Waals surface area contributed by atoms with E-state index in [1.807, 2.05) is 43.3 Å². The highest BCUT2D eigenvalue weighted by Gasteiger charge is 2.25. The molecule has 4 aromatic carbocycles. The lowest BCUT2D eigenvalue weighted by Crippen LogP contribution is -2.43. The first kappa shape index (κ1) is 32.6. The quantitative estimate of drug-likeness (QED) is 0.127. The highest BCUT2D eigenvalue weighted by molar-refractivity contribution is 6.07. The van der Waals surface area contributed by atoms with E-state index in [4.69, 9.17) is 14.2 Å². The Morgan fingerprint density at radius 1 is 0.830 bits per heavy atom. The third-order valence-corrected chi connectivity index (χ3v) is 7.50. The lowest BCUT2D eigenvalue weighted by Gasteiger charge is -2.17. The highest BCUT2D eigenvalue weighted by atomic mass is 19.1. The van der Waals surface area contributed by atoms with Crippen LogP contribution in [-0.2, 0) is 27.3 Å². The molecule has 5 aromatic rings.